The third-order valence-corrected chi connectivity index (χ3v) is 5.38. The van der Waals surface area contributed by atoms with Gasteiger partial charge in [-0.2, -0.15) is 0 Å². The standard InChI is InChI=1S/C24H29NO2/c1-7-27-23(26)18-9-8-15(2)12-22(18)25-21-14-20-19(13-17(21)4)16(3)10-11-24(20,5)6/h8-10,12-14,25H,7,11H2,1-6H3. The van der Waals surface area contributed by atoms with Gasteiger partial charge in [0.15, 0.2) is 0 Å². The van der Waals surface area contributed by atoms with E-state index in [1.165, 1.54) is 16.7 Å². The minimum absolute atomic E-state index is 0.0928. The van der Waals surface area contributed by atoms with E-state index in [0.717, 1.165) is 28.9 Å². The lowest BCUT2D eigenvalue weighted by Crippen LogP contribution is -2.21. The summed E-state index contributed by atoms with van der Waals surface area (Å²) in [5, 5.41) is 3.50. The highest BCUT2D eigenvalue weighted by Gasteiger charge is 2.28. The second-order valence-electron chi connectivity index (χ2n) is 8.08. The maximum Gasteiger partial charge on any atom is 0.340 e. The van der Waals surface area contributed by atoms with Crippen molar-refractivity contribution < 1.29 is 9.53 Å². The fraction of sp³-hybridized carbons (Fsp3) is 0.375. The number of benzene rings is 2. The van der Waals surface area contributed by atoms with Crippen LogP contribution in [0.2, 0.25) is 0 Å². The van der Waals surface area contributed by atoms with Crippen molar-refractivity contribution in [2.45, 2.75) is 53.4 Å². The first-order valence-corrected chi connectivity index (χ1v) is 9.60. The number of carbonyl (C=O) groups excluding carboxylic acids is 1. The van der Waals surface area contributed by atoms with Crippen LogP contribution < -0.4 is 5.32 Å². The number of ether oxygens (including phenoxy) is 1. The highest BCUT2D eigenvalue weighted by molar-refractivity contribution is 5.97. The summed E-state index contributed by atoms with van der Waals surface area (Å²) in [6, 6.07) is 10.3. The molecule has 0 spiro atoms. The van der Waals surface area contributed by atoms with Crippen LogP contribution in [0.15, 0.2) is 36.4 Å². The van der Waals surface area contributed by atoms with Gasteiger partial charge in [-0.3, -0.25) is 0 Å². The Kier molecular flexibility index (Phi) is 5.14. The summed E-state index contributed by atoms with van der Waals surface area (Å²) in [7, 11) is 0. The number of hydrogen-bond donors (Lipinski definition) is 1. The normalized spacial score (nSPS) is 15.0. The second-order valence-corrected chi connectivity index (χ2v) is 8.08. The quantitative estimate of drug-likeness (QED) is 0.647. The van der Waals surface area contributed by atoms with Gasteiger partial charge in [0.2, 0.25) is 0 Å². The molecule has 0 bridgehead atoms. The first kappa shape index (κ1) is 19.2. The van der Waals surface area contributed by atoms with Gasteiger partial charge in [-0.15, -0.1) is 0 Å². The fourth-order valence-corrected chi connectivity index (χ4v) is 3.65. The van der Waals surface area contributed by atoms with E-state index in [-0.39, 0.29) is 11.4 Å². The highest BCUT2D eigenvalue weighted by atomic mass is 16.5. The number of allylic oxidation sites excluding steroid dienone is 2. The van der Waals surface area contributed by atoms with Gasteiger partial charge in [0.1, 0.15) is 0 Å². The molecule has 3 rings (SSSR count). The van der Waals surface area contributed by atoms with Crippen molar-refractivity contribution in [3.8, 4) is 0 Å². The molecular weight excluding hydrogens is 334 g/mol. The van der Waals surface area contributed by atoms with Crippen molar-refractivity contribution in [1.29, 1.82) is 0 Å². The number of rotatable bonds is 4. The molecule has 0 radical (unpaired) electrons. The molecule has 1 aliphatic rings. The predicted molar refractivity (Wildman–Crippen MR) is 113 cm³/mol. The van der Waals surface area contributed by atoms with Crippen molar-refractivity contribution in [3.05, 3.63) is 64.2 Å². The molecule has 3 heteroatoms. The highest BCUT2D eigenvalue weighted by Crippen LogP contribution is 2.41. The van der Waals surface area contributed by atoms with E-state index in [0.29, 0.717) is 12.2 Å². The Morgan fingerprint density at radius 1 is 1.11 bits per heavy atom. The van der Waals surface area contributed by atoms with Crippen molar-refractivity contribution in [2.75, 3.05) is 11.9 Å². The summed E-state index contributed by atoms with van der Waals surface area (Å²) in [4.78, 5) is 12.4. The summed E-state index contributed by atoms with van der Waals surface area (Å²) in [6.07, 6.45) is 3.36. The minimum Gasteiger partial charge on any atom is -0.462 e. The number of nitrogens with one attached hydrogen (secondary N) is 1. The minimum atomic E-state index is -0.297. The van der Waals surface area contributed by atoms with Gasteiger partial charge in [0.25, 0.3) is 0 Å². The molecule has 0 aromatic heterocycles. The molecule has 0 unspecified atom stereocenters. The van der Waals surface area contributed by atoms with E-state index in [1.807, 2.05) is 32.0 Å². The number of esters is 1. The Labute approximate surface area is 162 Å². The third kappa shape index (κ3) is 3.78. The van der Waals surface area contributed by atoms with Crippen LogP contribution in [0.1, 0.15) is 66.7 Å². The maximum absolute atomic E-state index is 12.4. The molecule has 2 aromatic rings. The molecule has 1 N–H and O–H groups in total. The van der Waals surface area contributed by atoms with Gasteiger partial charge < -0.3 is 10.1 Å². The monoisotopic (exact) mass is 363 g/mol. The molecule has 0 heterocycles. The van der Waals surface area contributed by atoms with Crippen LogP contribution in [0.5, 0.6) is 0 Å². The SMILES string of the molecule is CCOC(=O)c1ccc(C)cc1Nc1cc2c(cc1C)C(C)=CCC2(C)C. The van der Waals surface area contributed by atoms with Crippen LogP contribution in [0, 0.1) is 13.8 Å². The van der Waals surface area contributed by atoms with Crippen LogP contribution in [0.25, 0.3) is 5.57 Å². The molecular formula is C24H29NO2. The van der Waals surface area contributed by atoms with Crippen molar-refractivity contribution >= 4 is 22.9 Å². The third-order valence-electron chi connectivity index (χ3n) is 5.38. The van der Waals surface area contributed by atoms with E-state index in [9.17, 15) is 4.79 Å². The number of carbonyl (C=O) groups is 1. The zero-order valence-electron chi connectivity index (χ0n) is 17.2. The molecule has 0 amide bonds. The number of fused-ring (bicyclic) bond motifs is 1. The largest absolute Gasteiger partial charge is 0.462 e. The molecule has 0 saturated heterocycles. The van der Waals surface area contributed by atoms with Crippen LogP contribution in [-0.2, 0) is 10.2 Å². The summed E-state index contributed by atoms with van der Waals surface area (Å²) >= 11 is 0. The fourth-order valence-electron chi connectivity index (χ4n) is 3.65. The Hall–Kier alpha value is -2.55. The van der Waals surface area contributed by atoms with E-state index in [2.05, 4.69) is 51.2 Å². The average molecular weight is 364 g/mol. The lowest BCUT2D eigenvalue weighted by molar-refractivity contribution is 0.0527. The van der Waals surface area contributed by atoms with Gasteiger partial charge >= 0.3 is 5.97 Å². The van der Waals surface area contributed by atoms with E-state index >= 15 is 0 Å². The molecule has 3 nitrogen and oxygen atoms in total. The average Bonchev–Trinajstić information content (AvgIpc) is 2.60. The molecule has 0 aliphatic heterocycles. The number of aryl methyl sites for hydroxylation is 2. The molecule has 0 atom stereocenters. The molecule has 0 saturated carbocycles. The summed E-state index contributed by atoms with van der Waals surface area (Å²) in [5.74, 6) is -0.297. The Morgan fingerprint density at radius 3 is 2.56 bits per heavy atom. The number of hydrogen-bond acceptors (Lipinski definition) is 3. The molecule has 2 aromatic carbocycles. The van der Waals surface area contributed by atoms with Gasteiger partial charge in [-0.1, -0.05) is 26.0 Å². The zero-order chi connectivity index (χ0) is 19.8. The number of anilines is 2. The Balaban J connectivity index is 2.06. The molecule has 1 aliphatic carbocycles. The smallest absolute Gasteiger partial charge is 0.340 e. The van der Waals surface area contributed by atoms with Gasteiger partial charge in [-0.25, -0.2) is 4.79 Å². The summed E-state index contributed by atoms with van der Waals surface area (Å²) in [6.45, 7) is 13.1. The van der Waals surface area contributed by atoms with Crippen LogP contribution in [-0.4, -0.2) is 12.6 Å². The molecule has 0 fully saturated rings. The first-order chi connectivity index (χ1) is 12.7. The van der Waals surface area contributed by atoms with Gasteiger partial charge in [0.05, 0.1) is 17.9 Å². The van der Waals surface area contributed by atoms with Crippen LogP contribution in [0.4, 0.5) is 11.4 Å². The molecule has 142 valence electrons. The second kappa shape index (κ2) is 7.22. The van der Waals surface area contributed by atoms with Crippen LogP contribution in [0.3, 0.4) is 0 Å². The van der Waals surface area contributed by atoms with Crippen LogP contribution >= 0.6 is 0 Å². The van der Waals surface area contributed by atoms with Crippen molar-refractivity contribution in [3.63, 3.8) is 0 Å². The Morgan fingerprint density at radius 2 is 1.85 bits per heavy atom. The molecule has 27 heavy (non-hydrogen) atoms. The lowest BCUT2D eigenvalue weighted by atomic mass is 9.73. The summed E-state index contributed by atoms with van der Waals surface area (Å²) < 4.78 is 5.23. The van der Waals surface area contributed by atoms with E-state index in [1.54, 1.807) is 0 Å². The van der Waals surface area contributed by atoms with Gasteiger partial charge in [-0.05, 0) is 91.6 Å². The van der Waals surface area contributed by atoms with Crippen molar-refractivity contribution in [2.24, 2.45) is 0 Å². The summed E-state index contributed by atoms with van der Waals surface area (Å²) in [5.41, 5.74) is 8.75. The first-order valence-electron chi connectivity index (χ1n) is 9.60. The van der Waals surface area contributed by atoms with Crippen molar-refractivity contribution in [1.82, 2.24) is 0 Å². The van der Waals surface area contributed by atoms with E-state index in [4.69, 9.17) is 4.74 Å². The predicted octanol–water partition coefficient (Wildman–Crippen LogP) is 6.31. The van der Waals surface area contributed by atoms with Gasteiger partial charge in [0, 0.05) is 5.69 Å². The topological polar surface area (TPSA) is 38.3 Å². The Bertz CT molecular complexity index is 922. The lowest BCUT2D eigenvalue weighted by Gasteiger charge is -2.32. The zero-order valence-corrected chi connectivity index (χ0v) is 17.2. The maximum atomic E-state index is 12.4. The van der Waals surface area contributed by atoms with E-state index < -0.39 is 0 Å².